The standard InChI is InChI=1S/C36H52F6O4Si2/c1-12-27(16-14-20-34(43,35(37,38)39)36(40,41)42)28-15-13-17-31(22-28)44-23-26-18-19-29(24-45-47(8,9)32(2,3)4)30(21-26)25-46-48(10,11)33(5,6)7/h13-22,43H,12,23-25H2,1-11H3. The van der Waals surface area contributed by atoms with Gasteiger partial charge in [-0.05, 0) is 94.8 Å². The van der Waals surface area contributed by atoms with Gasteiger partial charge >= 0.3 is 12.4 Å². The Morgan fingerprint density at radius 1 is 0.729 bits per heavy atom. The van der Waals surface area contributed by atoms with Crippen molar-refractivity contribution in [3.8, 4) is 5.75 Å². The first-order valence-electron chi connectivity index (χ1n) is 16.0. The highest BCUT2D eigenvalue weighted by atomic mass is 28.4. The van der Waals surface area contributed by atoms with Crippen molar-refractivity contribution >= 4 is 22.2 Å². The Kier molecular flexibility index (Phi) is 13.3. The Hall–Kier alpha value is -2.39. The zero-order valence-electron chi connectivity index (χ0n) is 30.0. The molecule has 12 heteroatoms. The SMILES string of the molecule is CCC(=CC=CC(O)(C(F)(F)F)C(F)(F)F)c1cccc(OCc2ccc(CO[Si](C)(C)C(C)(C)C)c(CO[Si](C)(C)C(C)(C)C)c2)c1. The van der Waals surface area contributed by atoms with Gasteiger partial charge in [-0.1, -0.05) is 84.9 Å². The predicted molar refractivity (Wildman–Crippen MR) is 186 cm³/mol. The maximum atomic E-state index is 13.1. The van der Waals surface area contributed by atoms with Gasteiger partial charge in [0.25, 0.3) is 5.60 Å². The van der Waals surface area contributed by atoms with Crippen LogP contribution in [0, 0.1) is 0 Å². The molecule has 0 spiro atoms. The van der Waals surface area contributed by atoms with Gasteiger partial charge in [-0.25, -0.2) is 0 Å². The molecule has 0 unspecified atom stereocenters. The fourth-order valence-electron chi connectivity index (χ4n) is 4.02. The normalized spacial score (nSPS) is 14.6. The highest BCUT2D eigenvalue weighted by Gasteiger charge is 2.68. The van der Waals surface area contributed by atoms with Gasteiger partial charge in [0.1, 0.15) is 12.4 Å². The minimum absolute atomic E-state index is 0.0377. The number of allylic oxidation sites excluding steroid dienone is 3. The van der Waals surface area contributed by atoms with Crippen LogP contribution >= 0.6 is 0 Å². The van der Waals surface area contributed by atoms with Crippen LogP contribution in [0.15, 0.2) is 60.7 Å². The molecule has 0 saturated carbocycles. The van der Waals surface area contributed by atoms with E-state index in [2.05, 4.69) is 73.8 Å². The first-order chi connectivity index (χ1) is 21.6. The summed E-state index contributed by atoms with van der Waals surface area (Å²) in [7, 11) is -4.05. The van der Waals surface area contributed by atoms with E-state index in [-0.39, 0.29) is 22.8 Å². The van der Waals surface area contributed by atoms with E-state index < -0.39 is 34.6 Å². The zero-order chi connectivity index (χ0) is 37.0. The molecule has 270 valence electrons. The van der Waals surface area contributed by atoms with Gasteiger partial charge in [0, 0.05) is 0 Å². The molecule has 0 atom stereocenters. The van der Waals surface area contributed by atoms with Gasteiger partial charge in [-0.2, -0.15) is 26.3 Å². The molecule has 48 heavy (non-hydrogen) atoms. The van der Waals surface area contributed by atoms with E-state index in [0.717, 1.165) is 22.8 Å². The molecule has 2 rings (SSSR count). The smallest absolute Gasteiger partial charge is 0.430 e. The van der Waals surface area contributed by atoms with Gasteiger partial charge < -0.3 is 18.7 Å². The number of alkyl halides is 6. The van der Waals surface area contributed by atoms with Crippen LogP contribution in [0.25, 0.3) is 5.57 Å². The minimum atomic E-state index is -5.93. The number of aliphatic hydroxyl groups is 1. The van der Waals surface area contributed by atoms with Crippen molar-refractivity contribution in [2.75, 3.05) is 0 Å². The summed E-state index contributed by atoms with van der Waals surface area (Å²) in [6.07, 6.45) is -10.1. The van der Waals surface area contributed by atoms with Gasteiger partial charge in [0.05, 0.1) is 13.2 Å². The third kappa shape index (κ3) is 10.6. The van der Waals surface area contributed by atoms with Gasteiger partial charge in [-0.15, -0.1) is 0 Å². The molecule has 0 aliphatic carbocycles. The molecule has 1 N–H and O–H groups in total. The molecular formula is C36H52F6O4Si2. The Morgan fingerprint density at radius 3 is 1.73 bits per heavy atom. The van der Waals surface area contributed by atoms with Crippen molar-refractivity contribution in [3.63, 3.8) is 0 Å². The second-order valence-electron chi connectivity index (χ2n) is 15.2. The maximum Gasteiger partial charge on any atom is 0.430 e. The highest BCUT2D eigenvalue weighted by molar-refractivity contribution is 6.74. The van der Waals surface area contributed by atoms with Crippen LogP contribution in [-0.2, 0) is 28.7 Å². The summed E-state index contributed by atoms with van der Waals surface area (Å²) in [6.45, 7) is 24.9. The minimum Gasteiger partial charge on any atom is -0.489 e. The lowest BCUT2D eigenvalue weighted by Gasteiger charge is -2.37. The zero-order valence-corrected chi connectivity index (χ0v) is 32.0. The van der Waals surface area contributed by atoms with Crippen LogP contribution in [0.5, 0.6) is 5.75 Å². The average Bonchev–Trinajstić information content (AvgIpc) is 2.94. The molecule has 0 aliphatic heterocycles. The summed E-state index contributed by atoms with van der Waals surface area (Å²) in [5.74, 6) is 0.474. The second-order valence-corrected chi connectivity index (χ2v) is 24.8. The lowest BCUT2D eigenvalue weighted by Crippen LogP contribution is -2.55. The summed E-state index contributed by atoms with van der Waals surface area (Å²) < 4.78 is 97.6. The van der Waals surface area contributed by atoms with Crippen molar-refractivity contribution in [2.45, 2.75) is 129 Å². The first kappa shape index (κ1) is 41.8. The molecular weight excluding hydrogens is 667 g/mol. The molecule has 0 radical (unpaired) electrons. The van der Waals surface area contributed by atoms with E-state index in [9.17, 15) is 31.4 Å². The molecule has 0 aromatic heterocycles. The predicted octanol–water partition coefficient (Wildman–Crippen LogP) is 11.5. The Bertz CT molecular complexity index is 1420. The number of benzene rings is 2. The average molecular weight is 719 g/mol. The van der Waals surface area contributed by atoms with Crippen molar-refractivity contribution in [1.82, 2.24) is 0 Å². The van der Waals surface area contributed by atoms with E-state index >= 15 is 0 Å². The van der Waals surface area contributed by atoms with Crippen LogP contribution in [-0.4, -0.2) is 39.7 Å². The summed E-state index contributed by atoms with van der Waals surface area (Å²) in [4.78, 5) is 0. The van der Waals surface area contributed by atoms with Gasteiger partial charge in [0.15, 0.2) is 16.6 Å². The van der Waals surface area contributed by atoms with Crippen LogP contribution in [0.4, 0.5) is 26.3 Å². The van der Waals surface area contributed by atoms with Gasteiger partial charge in [-0.3, -0.25) is 0 Å². The summed E-state index contributed by atoms with van der Waals surface area (Å²) >= 11 is 0. The first-order valence-corrected chi connectivity index (χ1v) is 21.8. The van der Waals surface area contributed by atoms with Crippen LogP contribution in [0.2, 0.25) is 36.3 Å². The van der Waals surface area contributed by atoms with Crippen molar-refractivity contribution in [3.05, 3.63) is 82.9 Å². The molecule has 0 amide bonds. The molecule has 0 bridgehead atoms. The molecule has 2 aromatic rings. The largest absolute Gasteiger partial charge is 0.489 e. The molecule has 4 nitrogen and oxygen atoms in total. The topological polar surface area (TPSA) is 47.9 Å². The molecule has 0 heterocycles. The van der Waals surface area contributed by atoms with E-state index in [1.807, 2.05) is 12.1 Å². The van der Waals surface area contributed by atoms with Crippen molar-refractivity contribution in [2.24, 2.45) is 0 Å². The Balaban J connectivity index is 2.33. The lowest BCUT2D eigenvalue weighted by molar-refractivity contribution is -0.347. The Morgan fingerprint density at radius 2 is 1.25 bits per heavy atom. The monoisotopic (exact) mass is 718 g/mol. The Labute approximate surface area is 284 Å². The van der Waals surface area contributed by atoms with E-state index in [4.69, 9.17) is 13.6 Å². The highest BCUT2D eigenvalue weighted by Crippen LogP contribution is 2.44. The fraction of sp³-hybridized carbons (Fsp3) is 0.556. The number of rotatable bonds is 13. The second kappa shape index (κ2) is 15.2. The van der Waals surface area contributed by atoms with E-state index in [1.54, 1.807) is 31.2 Å². The summed E-state index contributed by atoms with van der Waals surface area (Å²) in [6, 6.07) is 12.9. The quantitative estimate of drug-likeness (QED) is 0.127. The molecule has 0 fully saturated rings. The van der Waals surface area contributed by atoms with E-state index in [1.165, 1.54) is 0 Å². The van der Waals surface area contributed by atoms with Crippen LogP contribution in [0.1, 0.15) is 77.1 Å². The van der Waals surface area contributed by atoms with Crippen molar-refractivity contribution in [1.29, 1.82) is 0 Å². The number of hydrogen-bond acceptors (Lipinski definition) is 4. The summed E-state index contributed by atoms with van der Waals surface area (Å²) in [5.41, 5.74) is -0.963. The number of hydrogen-bond donors (Lipinski definition) is 1. The van der Waals surface area contributed by atoms with Crippen molar-refractivity contribution < 1.29 is 45.0 Å². The molecule has 2 aromatic carbocycles. The number of ether oxygens (including phenoxy) is 1. The number of halogens is 6. The third-order valence-electron chi connectivity index (χ3n) is 9.55. The molecule has 0 saturated heterocycles. The van der Waals surface area contributed by atoms with Crippen LogP contribution in [0.3, 0.4) is 0 Å². The van der Waals surface area contributed by atoms with E-state index in [0.29, 0.717) is 42.6 Å². The fourth-order valence-corrected chi connectivity index (χ4v) is 5.92. The third-order valence-corrected chi connectivity index (χ3v) is 18.5. The van der Waals surface area contributed by atoms with Gasteiger partial charge in [0.2, 0.25) is 0 Å². The maximum absolute atomic E-state index is 13.1. The summed E-state index contributed by atoms with van der Waals surface area (Å²) in [5, 5.41) is 9.51. The van der Waals surface area contributed by atoms with Crippen LogP contribution < -0.4 is 4.74 Å². The molecule has 0 aliphatic rings. The lowest BCUT2D eigenvalue weighted by atomic mass is 9.99.